The lowest BCUT2D eigenvalue weighted by Gasteiger charge is -2.16. The molecule has 4 rings (SSSR count). The van der Waals surface area contributed by atoms with Crippen LogP contribution in [0.5, 0.6) is 5.75 Å². The molecule has 29 heavy (non-hydrogen) atoms. The Labute approximate surface area is 185 Å². The number of benzene rings is 2. The molecule has 1 N–H and O–H groups in total. The fraction of sp³-hybridized carbons (Fsp3) is 0.0952. The number of fused-ring (bicyclic) bond motifs is 1. The molecule has 1 aromatic heterocycles. The van der Waals surface area contributed by atoms with Gasteiger partial charge in [-0.2, -0.15) is 0 Å². The second-order valence-corrected chi connectivity index (χ2v) is 8.56. The van der Waals surface area contributed by atoms with Crippen molar-refractivity contribution in [1.29, 1.82) is 0 Å². The van der Waals surface area contributed by atoms with Gasteiger partial charge in [-0.1, -0.05) is 69.2 Å². The van der Waals surface area contributed by atoms with Gasteiger partial charge in [0.05, 0.1) is 5.03 Å². The highest BCUT2D eigenvalue weighted by molar-refractivity contribution is 9.10. The number of nitrogens with zero attached hydrogens (tertiary/aromatic N) is 2. The number of amides is 1. The molecule has 2 heterocycles. The van der Waals surface area contributed by atoms with Crippen molar-refractivity contribution in [3.05, 3.63) is 85.8 Å². The highest BCUT2D eigenvalue weighted by Crippen LogP contribution is 2.31. The average Bonchev–Trinajstić information content (AvgIpc) is 3.23. The van der Waals surface area contributed by atoms with Crippen molar-refractivity contribution < 1.29 is 9.53 Å². The molecule has 1 aliphatic rings. The average molecular weight is 489 g/mol. The van der Waals surface area contributed by atoms with Crippen molar-refractivity contribution >= 4 is 55.9 Å². The SMILES string of the molecule is O=C(NCc1ccccc1)c1nnc(/C(Cl)=C\C2=Cc3cc(Br)ccc3OC2)s1. The van der Waals surface area contributed by atoms with Crippen LogP contribution in [0.1, 0.15) is 25.9 Å². The Hall–Kier alpha value is -2.48. The Morgan fingerprint density at radius 1 is 1.21 bits per heavy atom. The van der Waals surface area contributed by atoms with E-state index in [0.29, 0.717) is 23.2 Å². The van der Waals surface area contributed by atoms with Crippen LogP contribution in [0.25, 0.3) is 11.1 Å². The van der Waals surface area contributed by atoms with E-state index in [1.54, 1.807) is 6.08 Å². The predicted molar refractivity (Wildman–Crippen MR) is 119 cm³/mol. The number of hydrogen-bond donors (Lipinski definition) is 1. The summed E-state index contributed by atoms with van der Waals surface area (Å²) in [7, 11) is 0. The van der Waals surface area contributed by atoms with E-state index in [1.165, 1.54) is 0 Å². The first-order valence-corrected chi connectivity index (χ1v) is 10.7. The summed E-state index contributed by atoms with van der Waals surface area (Å²) in [6, 6.07) is 15.5. The van der Waals surface area contributed by atoms with Crippen LogP contribution in [0.4, 0.5) is 0 Å². The van der Waals surface area contributed by atoms with Crippen molar-refractivity contribution in [1.82, 2.24) is 15.5 Å². The molecule has 5 nitrogen and oxygen atoms in total. The van der Waals surface area contributed by atoms with Crippen LogP contribution in [0.3, 0.4) is 0 Å². The topological polar surface area (TPSA) is 64.1 Å². The Balaban J connectivity index is 1.45. The first-order chi connectivity index (χ1) is 14.1. The van der Waals surface area contributed by atoms with Crippen molar-refractivity contribution in [3.63, 3.8) is 0 Å². The molecule has 2 aromatic carbocycles. The summed E-state index contributed by atoms with van der Waals surface area (Å²) in [5.74, 6) is 0.552. The summed E-state index contributed by atoms with van der Waals surface area (Å²) >= 11 is 11.0. The molecule has 0 atom stereocenters. The van der Waals surface area contributed by atoms with Crippen molar-refractivity contribution in [2.75, 3.05) is 6.61 Å². The number of aromatic nitrogens is 2. The highest BCUT2D eigenvalue weighted by atomic mass is 79.9. The van der Waals surface area contributed by atoms with Gasteiger partial charge in [-0.25, -0.2) is 0 Å². The van der Waals surface area contributed by atoms with Gasteiger partial charge in [-0.05, 0) is 41.5 Å². The third-order valence-corrected chi connectivity index (χ3v) is 5.99. The summed E-state index contributed by atoms with van der Waals surface area (Å²) in [5, 5.41) is 12.0. The van der Waals surface area contributed by atoms with Gasteiger partial charge in [0.15, 0.2) is 5.01 Å². The molecule has 1 aliphatic heterocycles. The zero-order chi connectivity index (χ0) is 20.2. The standard InChI is InChI=1S/C21H15BrClN3O2S/c22-16-6-7-18-15(10-16)8-14(12-28-18)9-17(23)20-25-26-21(29-20)19(27)24-11-13-4-2-1-3-5-13/h1-10H,11-12H2,(H,24,27)/b17-9+. The Bertz CT molecular complexity index is 1110. The molecule has 0 radical (unpaired) electrons. The summed E-state index contributed by atoms with van der Waals surface area (Å²) in [6.07, 6.45) is 3.80. The van der Waals surface area contributed by atoms with Crippen LogP contribution < -0.4 is 10.1 Å². The molecule has 0 unspecified atom stereocenters. The molecule has 0 aliphatic carbocycles. The number of rotatable bonds is 5. The molecule has 8 heteroatoms. The van der Waals surface area contributed by atoms with Gasteiger partial charge in [-0.15, -0.1) is 10.2 Å². The summed E-state index contributed by atoms with van der Waals surface area (Å²) in [6.45, 7) is 0.839. The lowest BCUT2D eigenvalue weighted by molar-refractivity contribution is 0.0950. The lowest BCUT2D eigenvalue weighted by atomic mass is 10.1. The first kappa shape index (κ1) is 19.8. The van der Waals surface area contributed by atoms with Gasteiger partial charge in [-0.3, -0.25) is 4.79 Å². The fourth-order valence-corrected chi connectivity index (χ4v) is 4.08. The van der Waals surface area contributed by atoms with E-state index in [-0.39, 0.29) is 10.9 Å². The second kappa shape index (κ2) is 8.90. The van der Waals surface area contributed by atoms with Crippen LogP contribution in [0, 0.1) is 0 Å². The third-order valence-electron chi connectivity index (χ3n) is 4.14. The molecule has 0 fully saturated rings. The summed E-state index contributed by atoms with van der Waals surface area (Å²) < 4.78 is 6.73. The van der Waals surface area contributed by atoms with Gasteiger partial charge < -0.3 is 10.1 Å². The Kier molecular flexibility index (Phi) is 6.08. The van der Waals surface area contributed by atoms with Crippen molar-refractivity contribution in [3.8, 4) is 5.75 Å². The normalized spacial score (nSPS) is 13.3. The second-order valence-electron chi connectivity index (χ2n) is 6.26. The van der Waals surface area contributed by atoms with E-state index in [1.807, 2.05) is 54.6 Å². The maximum Gasteiger partial charge on any atom is 0.282 e. The van der Waals surface area contributed by atoms with Gasteiger partial charge >= 0.3 is 0 Å². The van der Waals surface area contributed by atoms with E-state index in [2.05, 4.69) is 31.4 Å². The molecule has 0 bridgehead atoms. The number of hydrogen-bond acceptors (Lipinski definition) is 5. The Morgan fingerprint density at radius 3 is 2.83 bits per heavy atom. The van der Waals surface area contributed by atoms with E-state index in [4.69, 9.17) is 16.3 Å². The largest absolute Gasteiger partial charge is 0.488 e. The summed E-state index contributed by atoms with van der Waals surface area (Å²) in [4.78, 5) is 12.3. The minimum atomic E-state index is -0.277. The van der Waals surface area contributed by atoms with Crippen LogP contribution in [0.15, 0.2) is 64.7 Å². The monoisotopic (exact) mass is 487 g/mol. The number of carbonyl (C=O) groups is 1. The van der Waals surface area contributed by atoms with E-state index < -0.39 is 0 Å². The molecular formula is C21H15BrClN3O2S. The summed E-state index contributed by atoms with van der Waals surface area (Å²) in [5.41, 5.74) is 2.89. The molecule has 0 spiro atoms. The van der Waals surface area contributed by atoms with Gasteiger partial charge in [0.1, 0.15) is 12.4 Å². The molecule has 0 saturated heterocycles. The minimum Gasteiger partial charge on any atom is -0.488 e. The van der Waals surface area contributed by atoms with Gasteiger partial charge in [0, 0.05) is 16.6 Å². The zero-order valence-corrected chi connectivity index (χ0v) is 18.2. The molecule has 0 saturated carbocycles. The van der Waals surface area contributed by atoms with Gasteiger partial charge in [0.25, 0.3) is 5.91 Å². The molecule has 3 aromatic rings. The maximum atomic E-state index is 12.3. The van der Waals surface area contributed by atoms with E-state index in [9.17, 15) is 4.79 Å². The fourth-order valence-electron chi connectivity index (χ4n) is 2.74. The van der Waals surface area contributed by atoms with E-state index in [0.717, 1.165) is 38.3 Å². The van der Waals surface area contributed by atoms with Crippen molar-refractivity contribution in [2.24, 2.45) is 0 Å². The highest BCUT2D eigenvalue weighted by Gasteiger charge is 2.16. The molecule has 146 valence electrons. The smallest absolute Gasteiger partial charge is 0.282 e. The molecule has 1 amide bonds. The predicted octanol–water partition coefficient (Wildman–Crippen LogP) is 5.29. The number of ether oxygens (including phenoxy) is 1. The first-order valence-electron chi connectivity index (χ1n) is 8.74. The number of halogens is 2. The van der Waals surface area contributed by atoms with Crippen LogP contribution in [-0.2, 0) is 6.54 Å². The van der Waals surface area contributed by atoms with Crippen LogP contribution in [0.2, 0.25) is 0 Å². The Morgan fingerprint density at radius 2 is 2.00 bits per heavy atom. The number of nitrogens with one attached hydrogen (secondary N) is 1. The van der Waals surface area contributed by atoms with E-state index >= 15 is 0 Å². The quantitative estimate of drug-likeness (QED) is 0.530. The van der Waals surface area contributed by atoms with Crippen molar-refractivity contribution in [2.45, 2.75) is 6.54 Å². The third kappa shape index (κ3) is 4.93. The maximum absolute atomic E-state index is 12.3. The van der Waals surface area contributed by atoms with Gasteiger partial charge in [0.2, 0.25) is 5.01 Å². The van der Waals surface area contributed by atoms with Crippen LogP contribution >= 0.6 is 38.9 Å². The van der Waals surface area contributed by atoms with Crippen LogP contribution in [-0.4, -0.2) is 22.7 Å². The zero-order valence-electron chi connectivity index (χ0n) is 15.1. The number of carbonyl (C=O) groups excluding carboxylic acids is 1. The molecular weight excluding hydrogens is 474 g/mol. The minimum absolute atomic E-state index is 0.269. The lowest BCUT2D eigenvalue weighted by Crippen LogP contribution is -2.22.